The third-order valence-electron chi connectivity index (χ3n) is 2.90. The number of carbonyl (C=O) groups is 1. The summed E-state index contributed by atoms with van der Waals surface area (Å²) < 4.78 is 5.15. The standard InChI is InChI=1S/C14H16O3/c1-14(16)8-11(6-12(15)9-14)10-4-3-5-13(7-10)17-2/h3-7,16H,8-9H2,1-2H3. The third kappa shape index (κ3) is 2.74. The fourth-order valence-corrected chi connectivity index (χ4v) is 2.15. The first-order valence-electron chi connectivity index (χ1n) is 5.60. The predicted molar refractivity (Wildman–Crippen MR) is 65.8 cm³/mol. The van der Waals surface area contributed by atoms with Crippen LogP contribution in [0.1, 0.15) is 25.3 Å². The minimum Gasteiger partial charge on any atom is -0.497 e. The summed E-state index contributed by atoms with van der Waals surface area (Å²) in [6.07, 6.45) is 2.30. The summed E-state index contributed by atoms with van der Waals surface area (Å²) in [7, 11) is 1.61. The Balaban J connectivity index is 2.36. The van der Waals surface area contributed by atoms with E-state index in [0.717, 1.165) is 16.9 Å². The molecule has 0 radical (unpaired) electrons. The molecule has 90 valence electrons. The number of carbonyl (C=O) groups excluding carboxylic acids is 1. The quantitative estimate of drug-likeness (QED) is 0.850. The molecule has 0 aliphatic heterocycles. The lowest BCUT2D eigenvalue weighted by Gasteiger charge is -2.27. The van der Waals surface area contributed by atoms with Gasteiger partial charge in [0.05, 0.1) is 12.7 Å². The van der Waals surface area contributed by atoms with Gasteiger partial charge >= 0.3 is 0 Å². The SMILES string of the molecule is COc1cccc(C2=CC(=O)CC(C)(O)C2)c1. The van der Waals surface area contributed by atoms with Gasteiger partial charge in [-0.25, -0.2) is 0 Å². The molecule has 1 aliphatic carbocycles. The summed E-state index contributed by atoms with van der Waals surface area (Å²) in [5.41, 5.74) is 0.854. The smallest absolute Gasteiger partial charge is 0.158 e. The minimum atomic E-state index is -0.940. The molecule has 1 unspecified atom stereocenters. The first kappa shape index (κ1) is 11.9. The molecule has 0 spiro atoms. The Morgan fingerprint density at radius 3 is 2.76 bits per heavy atom. The van der Waals surface area contributed by atoms with E-state index in [4.69, 9.17) is 4.74 Å². The molecule has 0 bridgehead atoms. The lowest BCUT2D eigenvalue weighted by molar-refractivity contribution is -0.119. The molecule has 0 fully saturated rings. The van der Waals surface area contributed by atoms with Gasteiger partial charge in [-0.1, -0.05) is 12.1 Å². The van der Waals surface area contributed by atoms with Crippen molar-refractivity contribution in [3.63, 3.8) is 0 Å². The van der Waals surface area contributed by atoms with E-state index in [2.05, 4.69) is 0 Å². The van der Waals surface area contributed by atoms with Crippen LogP contribution in [0.3, 0.4) is 0 Å². The molecule has 0 amide bonds. The van der Waals surface area contributed by atoms with E-state index in [9.17, 15) is 9.90 Å². The van der Waals surface area contributed by atoms with Crippen LogP contribution in [0.5, 0.6) is 5.75 Å². The Morgan fingerprint density at radius 2 is 2.12 bits per heavy atom. The maximum atomic E-state index is 11.5. The van der Waals surface area contributed by atoms with Crippen molar-refractivity contribution >= 4 is 11.4 Å². The third-order valence-corrected chi connectivity index (χ3v) is 2.90. The van der Waals surface area contributed by atoms with Crippen LogP contribution in [0.25, 0.3) is 5.57 Å². The molecule has 1 atom stereocenters. The topological polar surface area (TPSA) is 46.5 Å². The zero-order valence-corrected chi connectivity index (χ0v) is 10.1. The van der Waals surface area contributed by atoms with Crippen LogP contribution >= 0.6 is 0 Å². The Morgan fingerprint density at radius 1 is 1.35 bits per heavy atom. The van der Waals surface area contributed by atoms with E-state index in [0.29, 0.717) is 6.42 Å². The van der Waals surface area contributed by atoms with Crippen molar-refractivity contribution in [1.82, 2.24) is 0 Å². The van der Waals surface area contributed by atoms with E-state index in [1.54, 1.807) is 20.1 Å². The lowest BCUT2D eigenvalue weighted by Crippen LogP contribution is -2.30. The molecule has 2 rings (SSSR count). The zero-order chi connectivity index (χ0) is 12.5. The number of aliphatic hydroxyl groups is 1. The molecule has 17 heavy (non-hydrogen) atoms. The fourth-order valence-electron chi connectivity index (χ4n) is 2.15. The van der Waals surface area contributed by atoms with Crippen LogP contribution in [-0.2, 0) is 4.79 Å². The highest BCUT2D eigenvalue weighted by Gasteiger charge is 2.29. The average molecular weight is 232 g/mol. The number of ketones is 1. The van der Waals surface area contributed by atoms with Crippen LogP contribution in [0, 0.1) is 0 Å². The number of methoxy groups -OCH3 is 1. The fraction of sp³-hybridized carbons (Fsp3) is 0.357. The molecule has 0 saturated heterocycles. The van der Waals surface area contributed by atoms with Crippen molar-refractivity contribution in [2.75, 3.05) is 7.11 Å². The Bertz CT molecular complexity index is 472. The molecule has 1 aromatic rings. The number of ether oxygens (including phenoxy) is 1. The van der Waals surface area contributed by atoms with Gasteiger partial charge in [0.2, 0.25) is 0 Å². The van der Waals surface area contributed by atoms with Gasteiger partial charge in [0.25, 0.3) is 0 Å². The molecule has 1 aliphatic rings. The largest absolute Gasteiger partial charge is 0.497 e. The highest BCUT2D eigenvalue weighted by Crippen LogP contribution is 2.33. The van der Waals surface area contributed by atoms with Gasteiger partial charge in [-0.15, -0.1) is 0 Å². The monoisotopic (exact) mass is 232 g/mol. The van der Waals surface area contributed by atoms with E-state index >= 15 is 0 Å². The highest BCUT2D eigenvalue weighted by molar-refractivity contribution is 5.99. The number of benzene rings is 1. The Kier molecular flexibility index (Phi) is 3.03. The van der Waals surface area contributed by atoms with Crippen LogP contribution < -0.4 is 4.74 Å². The van der Waals surface area contributed by atoms with Crippen molar-refractivity contribution in [2.24, 2.45) is 0 Å². The van der Waals surface area contributed by atoms with Gasteiger partial charge in [0.1, 0.15) is 5.75 Å². The Labute approximate surface area is 101 Å². The van der Waals surface area contributed by atoms with Crippen molar-refractivity contribution in [1.29, 1.82) is 0 Å². The number of hydrogen-bond acceptors (Lipinski definition) is 3. The molecular formula is C14H16O3. The van der Waals surface area contributed by atoms with Gasteiger partial charge in [0.15, 0.2) is 5.78 Å². The van der Waals surface area contributed by atoms with Crippen molar-refractivity contribution in [3.05, 3.63) is 35.9 Å². The van der Waals surface area contributed by atoms with Gasteiger partial charge in [0, 0.05) is 12.8 Å². The van der Waals surface area contributed by atoms with Crippen LogP contribution in [-0.4, -0.2) is 23.6 Å². The Hall–Kier alpha value is -1.61. The highest BCUT2D eigenvalue weighted by atomic mass is 16.5. The van der Waals surface area contributed by atoms with Crippen LogP contribution in [0.2, 0.25) is 0 Å². The molecular weight excluding hydrogens is 216 g/mol. The van der Waals surface area contributed by atoms with Crippen LogP contribution in [0.15, 0.2) is 30.3 Å². The molecule has 3 heteroatoms. The van der Waals surface area contributed by atoms with E-state index < -0.39 is 5.60 Å². The maximum absolute atomic E-state index is 11.5. The van der Waals surface area contributed by atoms with Crippen molar-refractivity contribution < 1.29 is 14.6 Å². The number of rotatable bonds is 2. The van der Waals surface area contributed by atoms with Gasteiger partial charge in [-0.05, 0) is 36.3 Å². The molecule has 1 N–H and O–H groups in total. The summed E-state index contributed by atoms with van der Waals surface area (Å²) in [6.45, 7) is 1.69. The normalized spacial score (nSPS) is 24.4. The minimum absolute atomic E-state index is 0.0286. The van der Waals surface area contributed by atoms with E-state index in [-0.39, 0.29) is 12.2 Å². The first-order chi connectivity index (χ1) is 8.00. The average Bonchev–Trinajstić information content (AvgIpc) is 2.26. The van der Waals surface area contributed by atoms with Gasteiger partial charge in [-0.2, -0.15) is 0 Å². The predicted octanol–water partition coefficient (Wildman–Crippen LogP) is 2.19. The van der Waals surface area contributed by atoms with Gasteiger partial charge < -0.3 is 9.84 Å². The summed E-state index contributed by atoms with van der Waals surface area (Å²) in [4.78, 5) is 11.5. The second-order valence-electron chi connectivity index (χ2n) is 4.72. The first-order valence-corrected chi connectivity index (χ1v) is 5.60. The number of allylic oxidation sites excluding steroid dienone is 1. The van der Waals surface area contributed by atoms with Gasteiger partial charge in [-0.3, -0.25) is 4.79 Å². The molecule has 0 aromatic heterocycles. The van der Waals surface area contributed by atoms with E-state index in [1.165, 1.54) is 0 Å². The molecule has 3 nitrogen and oxygen atoms in total. The van der Waals surface area contributed by atoms with Crippen LogP contribution in [0.4, 0.5) is 0 Å². The molecule has 0 heterocycles. The summed E-state index contributed by atoms with van der Waals surface area (Å²) in [5, 5.41) is 10.0. The zero-order valence-electron chi connectivity index (χ0n) is 10.1. The van der Waals surface area contributed by atoms with Crippen molar-refractivity contribution in [2.45, 2.75) is 25.4 Å². The summed E-state index contributed by atoms with van der Waals surface area (Å²) in [6, 6.07) is 7.53. The second kappa shape index (κ2) is 4.34. The summed E-state index contributed by atoms with van der Waals surface area (Å²) >= 11 is 0. The van der Waals surface area contributed by atoms with E-state index in [1.807, 2.05) is 24.3 Å². The lowest BCUT2D eigenvalue weighted by atomic mass is 9.83. The molecule has 1 aromatic carbocycles. The second-order valence-corrected chi connectivity index (χ2v) is 4.72. The molecule has 0 saturated carbocycles. The van der Waals surface area contributed by atoms with Crippen molar-refractivity contribution in [3.8, 4) is 5.75 Å². The number of hydrogen-bond donors (Lipinski definition) is 1. The summed E-state index contributed by atoms with van der Waals surface area (Å²) in [5.74, 6) is 0.722. The maximum Gasteiger partial charge on any atom is 0.158 e.